The van der Waals surface area contributed by atoms with E-state index in [1.165, 1.54) is 0 Å². The second-order valence-electron chi connectivity index (χ2n) is 7.13. The lowest BCUT2D eigenvalue weighted by Crippen LogP contribution is -2.35. The van der Waals surface area contributed by atoms with Gasteiger partial charge < -0.3 is 14.9 Å². The van der Waals surface area contributed by atoms with Crippen LogP contribution in [0.3, 0.4) is 0 Å². The van der Waals surface area contributed by atoms with Gasteiger partial charge in [0.1, 0.15) is 0 Å². The van der Waals surface area contributed by atoms with Gasteiger partial charge in [0.2, 0.25) is 11.8 Å². The van der Waals surface area contributed by atoms with Gasteiger partial charge >= 0.3 is 5.97 Å². The van der Waals surface area contributed by atoms with E-state index in [4.69, 9.17) is 0 Å². The fourth-order valence-corrected chi connectivity index (χ4v) is 3.73. The third-order valence-electron chi connectivity index (χ3n) is 5.16. The second kappa shape index (κ2) is 8.49. The summed E-state index contributed by atoms with van der Waals surface area (Å²) in [4.78, 5) is 39.6. The van der Waals surface area contributed by atoms with E-state index < -0.39 is 11.9 Å². The highest BCUT2D eigenvalue weighted by atomic mass is 16.4. The third kappa shape index (κ3) is 4.71. The van der Waals surface area contributed by atoms with Crippen LogP contribution in [0.5, 0.6) is 0 Å². The zero-order valence-electron chi connectivity index (χ0n) is 14.9. The molecule has 2 rings (SSSR count). The van der Waals surface area contributed by atoms with Gasteiger partial charge in [-0.05, 0) is 37.5 Å². The molecule has 1 saturated heterocycles. The van der Waals surface area contributed by atoms with Crippen LogP contribution in [-0.2, 0) is 14.4 Å². The van der Waals surface area contributed by atoms with Crippen molar-refractivity contribution >= 4 is 17.8 Å². The van der Waals surface area contributed by atoms with E-state index in [-0.39, 0.29) is 30.6 Å². The van der Waals surface area contributed by atoms with Crippen LogP contribution >= 0.6 is 0 Å². The molecule has 6 nitrogen and oxygen atoms in total. The summed E-state index contributed by atoms with van der Waals surface area (Å²) in [5, 5.41) is 9.37. The van der Waals surface area contributed by atoms with Crippen molar-refractivity contribution in [2.75, 3.05) is 26.2 Å². The van der Waals surface area contributed by atoms with Crippen LogP contribution in [0, 0.1) is 17.8 Å². The number of aliphatic carboxylic acids is 1. The maximum atomic E-state index is 12.4. The molecular formula is C18H30N2O4. The van der Waals surface area contributed by atoms with Crippen LogP contribution in [0.15, 0.2) is 0 Å². The Bertz CT molecular complexity index is 470. The third-order valence-corrected chi connectivity index (χ3v) is 5.16. The first kappa shape index (κ1) is 18.7. The number of rotatable bonds is 9. The van der Waals surface area contributed by atoms with Crippen molar-refractivity contribution in [2.24, 2.45) is 17.8 Å². The van der Waals surface area contributed by atoms with Crippen molar-refractivity contribution in [3.05, 3.63) is 0 Å². The molecule has 0 radical (unpaired) electrons. The Morgan fingerprint density at radius 3 is 2.17 bits per heavy atom. The van der Waals surface area contributed by atoms with E-state index in [1.807, 2.05) is 18.7 Å². The zero-order valence-corrected chi connectivity index (χ0v) is 14.9. The van der Waals surface area contributed by atoms with Crippen molar-refractivity contribution in [2.45, 2.75) is 52.4 Å². The smallest absolute Gasteiger partial charge is 0.308 e. The zero-order chi connectivity index (χ0) is 17.7. The van der Waals surface area contributed by atoms with Gasteiger partial charge in [-0.15, -0.1) is 0 Å². The number of carbonyl (C=O) groups excluding carboxylic acids is 2. The van der Waals surface area contributed by atoms with Gasteiger partial charge in [-0.2, -0.15) is 0 Å². The maximum Gasteiger partial charge on any atom is 0.308 e. The van der Waals surface area contributed by atoms with E-state index in [9.17, 15) is 19.5 Å². The summed E-state index contributed by atoms with van der Waals surface area (Å²) in [6.07, 6.45) is 4.40. The Balaban J connectivity index is 1.83. The summed E-state index contributed by atoms with van der Waals surface area (Å²) in [7, 11) is 0. The summed E-state index contributed by atoms with van der Waals surface area (Å²) in [5.41, 5.74) is 0. The fourth-order valence-electron chi connectivity index (χ4n) is 3.73. The molecule has 2 fully saturated rings. The molecule has 1 saturated carbocycles. The molecule has 0 aromatic rings. The van der Waals surface area contributed by atoms with E-state index in [0.29, 0.717) is 19.0 Å². The number of nitrogens with zero attached hydrogens (tertiary/aromatic N) is 2. The monoisotopic (exact) mass is 338 g/mol. The highest BCUT2D eigenvalue weighted by molar-refractivity contribution is 5.84. The minimum absolute atomic E-state index is 0.0276. The molecule has 136 valence electrons. The van der Waals surface area contributed by atoms with Gasteiger partial charge in [0.25, 0.3) is 0 Å². The molecule has 0 unspecified atom stereocenters. The lowest BCUT2D eigenvalue weighted by Gasteiger charge is -2.22. The van der Waals surface area contributed by atoms with Crippen LogP contribution in [-0.4, -0.2) is 58.9 Å². The highest BCUT2D eigenvalue weighted by Crippen LogP contribution is 2.44. The maximum absolute atomic E-state index is 12.4. The number of likely N-dealkylation sites (tertiary alicyclic amines) is 1. The number of hydrogen-bond donors (Lipinski definition) is 1. The average Bonchev–Trinajstić information content (AvgIpc) is 3.30. The van der Waals surface area contributed by atoms with E-state index in [2.05, 4.69) is 0 Å². The largest absolute Gasteiger partial charge is 0.481 e. The van der Waals surface area contributed by atoms with Gasteiger partial charge in [-0.1, -0.05) is 13.8 Å². The summed E-state index contributed by atoms with van der Waals surface area (Å²) in [6.45, 7) is 6.38. The van der Waals surface area contributed by atoms with Gasteiger partial charge in [-0.3, -0.25) is 14.4 Å². The standard InChI is InChI=1S/C18H30N2O4/c1-3-9-19(10-4-2)16(21)7-8-17(22)20-11-14(13-5-6-13)15(12-20)18(23)24/h13-15H,3-12H2,1-2H3,(H,23,24)/t14-,15+/m1/s1. The van der Waals surface area contributed by atoms with Crippen molar-refractivity contribution in [3.63, 3.8) is 0 Å². The first-order chi connectivity index (χ1) is 11.5. The Morgan fingerprint density at radius 2 is 1.67 bits per heavy atom. The molecule has 1 aliphatic heterocycles. The normalized spacial score (nSPS) is 23.3. The van der Waals surface area contributed by atoms with Gasteiger partial charge in [0, 0.05) is 39.0 Å². The van der Waals surface area contributed by atoms with E-state index in [0.717, 1.165) is 38.8 Å². The Morgan fingerprint density at radius 1 is 1.04 bits per heavy atom. The molecule has 0 spiro atoms. The predicted octanol–water partition coefficient (Wildman–Crippen LogP) is 1.98. The lowest BCUT2D eigenvalue weighted by atomic mass is 9.92. The number of hydrogen-bond acceptors (Lipinski definition) is 3. The molecule has 2 atom stereocenters. The van der Waals surface area contributed by atoms with Gasteiger partial charge in [0.15, 0.2) is 0 Å². The molecule has 0 aromatic heterocycles. The molecule has 2 amide bonds. The highest BCUT2D eigenvalue weighted by Gasteiger charge is 2.46. The second-order valence-corrected chi connectivity index (χ2v) is 7.13. The summed E-state index contributed by atoms with van der Waals surface area (Å²) < 4.78 is 0. The first-order valence-corrected chi connectivity index (χ1v) is 9.26. The Hall–Kier alpha value is -1.59. The minimum atomic E-state index is -0.796. The quantitative estimate of drug-likeness (QED) is 0.697. The minimum Gasteiger partial charge on any atom is -0.481 e. The molecule has 0 bridgehead atoms. The molecule has 24 heavy (non-hydrogen) atoms. The fraction of sp³-hybridized carbons (Fsp3) is 0.833. The topological polar surface area (TPSA) is 77.9 Å². The molecular weight excluding hydrogens is 308 g/mol. The van der Waals surface area contributed by atoms with Crippen LogP contribution in [0.4, 0.5) is 0 Å². The van der Waals surface area contributed by atoms with Crippen molar-refractivity contribution in [1.82, 2.24) is 9.80 Å². The van der Waals surface area contributed by atoms with Crippen LogP contribution in [0.25, 0.3) is 0 Å². The van der Waals surface area contributed by atoms with E-state index >= 15 is 0 Å². The molecule has 6 heteroatoms. The SMILES string of the molecule is CCCN(CCC)C(=O)CCC(=O)N1C[C@H](C(=O)O)[C@@H](C2CC2)C1. The molecule has 1 N–H and O–H groups in total. The number of amides is 2. The van der Waals surface area contributed by atoms with Crippen LogP contribution in [0.2, 0.25) is 0 Å². The Labute approximate surface area is 144 Å². The predicted molar refractivity (Wildman–Crippen MR) is 90.3 cm³/mol. The van der Waals surface area contributed by atoms with Crippen molar-refractivity contribution < 1.29 is 19.5 Å². The number of carbonyl (C=O) groups is 3. The lowest BCUT2D eigenvalue weighted by molar-refractivity contribution is -0.143. The molecule has 0 aromatic carbocycles. The average molecular weight is 338 g/mol. The number of carboxylic acid groups (broad SMARTS) is 1. The first-order valence-electron chi connectivity index (χ1n) is 9.26. The summed E-state index contributed by atoms with van der Waals surface area (Å²) in [5.74, 6) is -0.719. The van der Waals surface area contributed by atoms with Crippen molar-refractivity contribution in [1.29, 1.82) is 0 Å². The number of carboxylic acids is 1. The molecule has 1 heterocycles. The Kier molecular flexibility index (Phi) is 6.63. The van der Waals surface area contributed by atoms with E-state index in [1.54, 1.807) is 4.90 Å². The van der Waals surface area contributed by atoms with Gasteiger partial charge in [-0.25, -0.2) is 0 Å². The van der Waals surface area contributed by atoms with Crippen LogP contribution < -0.4 is 0 Å². The molecule has 1 aliphatic carbocycles. The summed E-state index contributed by atoms with van der Waals surface area (Å²) in [6, 6.07) is 0. The van der Waals surface area contributed by atoms with Crippen molar-refractivity contribution in [3.8, 4) is 0 Å². The molecule has 2 aliphatic rings. The summed E-state index contributed by atoms with van der Waals surface area (Å²) >= 11 is 0. The van der Waals surface area contributed by atoms with Gasteiger partial charge in [0.05, 0.1) is 5.92 Å². The van der Waals surface area contributed by atoms with Crippen LogP contribution in [0.1, 0.15) is 52.4 Å².